The van der Waals surface area contributed by atoms with Crippen molar-refractivity contribution in [3.8, 4) is 0 Å². The van der Waals surface area contributed by atoms with Crippen LogP contribution in [0.2, 0.25) is 5.02 Å². The molecule has 1 aromatic heterocycles. The molecule has 0 atom stereocenters. The molecule has 0 aromatic carbocycles. The van der Waals surface area contributed by atoms with Gasteiger partial charge in [-0.1, -0.05) is 11.6 Å². The zero-order chi connectivity index (χ0) is 12.7. The van der Waals surface area contributed by atoms with Gasteiger partial charge in [0.1, 0.15) is 4.88 Å². The van der Waals surface area contributed by atoms with E-state index in [0.717, 1.165) is 5.56 Å². The molecular weight excluding hydrogens is 262 g/mol. The molecule has 1 amide bonds. The number of hydrogen-bond donors (Lipinski definition) is 2. The summed E-state index contributed by atoms with van der Waals surface area (Å²) in [5.74, 6) is -0.143. The van der Waals surface area contributed by atoms with Crippen LogP contribution in [0.3, 0.4) is 0 Å². The Morgan fingerprint density at radius 2 is 2.35 bits per heavy atom. The van der Waals surface area contributed by atoms with Crippen LogP contribution in [-0.2, 0) is 4.74 Å². The summed E-state index contributed by atoms with van der Waals surface area (Å²) in [7, 11) is 0. The first-order valence-electron chi connectivity index (χ1n) is 5.37. The number of aliphatic hydroxyl groups is 1. The quantitative estimate of drug-likeness (QED) is 0.748. The lowest BCUT2D eigenvalue weighted by molar-refractivity contribution is 0.0869. The zero-order valence-electron chi connectivity index (χ0n) is 9.66. The van der Waals surface area contributed by atoms with Gasteiger partial charge in [0, 0.05) is 13.2 Å². The summed E-state index contributed by atoms with van der Waals surface area (Å²) in [5, 5.41) is 13.7. The van der Waals surface area contributed by atoms with Crippen LogP contribution in [0.15, 0.2) is 5.38 Å². The summed E-state index contributed by atoms with van der Waals surface area (Å²) in [6.45, 7) is 3.30. The van der Waals surface area contributed by atoms with E-state index in [1.165, 1.54) is 11.3 Å². The fourth-order valence-electron chi connectivity index (χ4n) is 1.21. The second kappa shape index (κ2) is 7.66. The molecule has 0 saturated carbocycles. The van der Waals surface area contributed by atoms with E-state index in [1.54, 1.807) is 0 Å². The maximum absolute atomic E-state index is 11.7. The van der Waals surface area contributed by atoms with Gasteiger partial charge in [-0.15, -0.1) is 11.3 Å². The molecule has 96 valence electrons. The minimum atomic E-state index is -0.143. The van der Waals surface area contributed by atoms with Gasteiger partial charge in [-0.2, -0.15) is 0 Å². The van der Waals surface area contributed by atoms with Crippen LogP contribution in [0, 0.1) is 6.92 Å². The highest BCUT2D eigenvalue weighted by molar-refractivity contribution is 7.13. The number of aliphatic hydroxyl groups excluding tert-OH is 1. The standard InChI is InChI=1S/C11H16ClNO3S/c1-8-7-17-10(9(8)12)11(15)13-3-2-5-16-6-4-14/h7,14H,2-6H2,1H3,(H,13,15). The molecule has 0 aliphatic carbocycles. The molecule has 0 fully saturated rings. The number of carbonyl (C=O) groups excluding carboxylic acids is 1. The minimum absolute atomic E-state index is 0.0242. The first kappa shape index (κ1) is 14.4. The number of aryl methyl sites for hydroxylation is 1. The van der Waals surface area contributed by atoms with Gasteiger partial charge in [0.15, 0.2) is 0 Å². The Balaban J connectivity index is 2.24. The lowest BCUT2D eigenvalue weighted by Gasteiger charge is -2.04. The van der Waals surface area contributed by atoms with Crippen molar-refractivity contribution >= 4 is 28.8 Å². The molecule has 0 spiro atoms. The van der Waals surface area contributed by atoms with Crippen molar-refractivity contribution in [1.29, 1.82) is 0 Å². The topological polar surface area (TPSA) is 58.6 Å². The Morgan fingerprint density at radius 3 is 2.94 bits per heavy atom. The molecule has 17 heavy (non-hydrogen) atoms. The van der Waals surface area contributed by atoms with E-state index in [9.17, 15) is 4.79 Å². The van der Waals surface area contributed by atoms with E-state index in [2.05, 4.69) is 5.32 Å². The van der Waals surface area contributed by atoms with Crippen molar-refractivity contribution in [3.63, 3.8) is 0 Å². The van der Waals surface area contributed by atoms with Crippen LogP contribution >= 0.6 is 22.9 Å². The molecule has 1 aromatic rings. The van der Waals surface area contributed by atoms with E-state index in [0.29, 0.717) is 36.1 Å². The first-order chi connectivity index (χ1) is 8.16. The molecule has 0 aliphatic heterocycles. The molecule has 0 radical (unpaired) electrons. The average molecular weight is 278 g/mol. The number of thiophene rings is 1. The van der Waals surface area contributed by atoms with Crippen LogP contribution < -0.4 is 5.32 Å². The first-order valence-corrected chi connectivity index (χ1v) is 6.63. The molecule has 1 rings (SSSR count). The molecule has 4 nitrogen and oxygen atoms in total. The van der Waals surface area contributed by atoms with Crippen LogP contribution in [0.1, 0.15) is 21.7 Å². The largest absolute Gasteiger partial charge is 0.394 e. The van der Waals surface area contributed by atoms with Gasteiger partial charge in [-0.3, -0.25) is 4.79 Å². The van der Waals surface area contributed by atoms with Gasteiger partial charge >= 0.3 is 0 Å². The highest BCUT2D eigenvalue weighted by Gasteiger charge is 2.13. The lowest BCUT2D eigenvalue weighted by Crippen LogP contribution is -2.24. The monoisotopic (exact) mass is 277 g/mol. The smallest absolute Gasteiger partial charge is 0.262 e. The van der Waals surface area contributed by atoms with Crippen molar-refractivity contribution in [2.45, 2.75) is 13.3 Å². The maximum atomic E-state index is 11.7. The van der Waals surface area contributed by atoms with Crippen molar-refractivity contribution in [2.24, 2.45) is 0 Å². The Kier molecular flexibility index (Phi) is 6.50. The number of carbonyl (C=O) groups is 1. The van der Waals surface area contributed by atoms with Gasteiger partial charge < -0.3 is 15.2 Å². The van der Waals surface area contributed by atoms with E-state index in [4.69, 9.17) is 21.4 Å². The molecule has 2 N–H and O–H groups in total. The molecule has 1 heterocycles. The summed E-state index contributed by atoms with van der Waals surface area (Å²) in [6.07, 6.45) is 0.716. The predicted molar refractivity (Wildman–Crippen MR) is 68.9 cm³/mol. The summed E-state index contributed by atoms with van der Waals surface area (Å²) >= 11 is 7.33. The van der Waals surface area contributed by atoms with E-state index in [1.807, 2.05) is 12.3 Å². The highest BCUT2D eigenvalue weighted by atomic mass is 35.5. The SMILES string of the molecule is Cc1csc(C(=O)NCCCOCCO)c1Cl. The number of halogens is 1. The molecular formula is C11H16ClNO3S. The summed E-state index contributed by atoms with van der Waals surface area (Å²) in [5.41, 5.74) is 0.924. The molecule has 6 heteroatoms. The van der Waals surface area contributed by atoms with Crippen molar-refractivity contribution in [2.75, 3.05) is 26.4 Å². The predicted octanol–water partition coefficient (Wildman–Crippen LogP) is 1.84. The van der Waals surface area contributed by atoms with Crippen LogP contribution in [0.5, 0.6) is 0 Å². The number of amides is 1. The lowest BCUT2D eigenvalue weighted by atomic mass is 10.3. The fourth-order valence-corrected chi connectivity index (χ4v) is 2.40. The molecule has 0 unspecified atom stereocenters. The number of hydrogen-bond acceptors (Lipinski definition) is 4. The van der Waals surface area contributed by atoms with Crippen LogP contribution in [0.25, 0.3) is 0 Å². The van der Waals surface area contributed by atoms with Crippen LogP contribution in [-0.4, -0.2) is 37.4 Å². The van der Waals surface area contributed by atoms with Gasteiger partial charge in [-0.05, 0) is 24.3 Å². The second-order valence-electron chi connectivity index (χ2n) is 3.51. The van der Waals surface area contributed by atoms with Crippen molar-refractivity contribution in [1.82, 2.24) is 5.32 Å². The van der Waals surface area contributed by atoms with Crippen LogP contribution in [0.4, 0.5) is 0 Å². The third-order valence-electron chi connectivity index (χ3n) is 2.09. The number of ether oxygens (including phenoxy) is 1. The normalized spacial score (nSPS) is 10.5. The van der Waals surface area contributed by atoms with Gasteiger partial charge in [0.2, 0.25) is 0 Å². The van der Waals surface area contributed by atoms with Gasteiger partial charge in [0.25, 0.3) is 5.91 Å². The Bertz CT molecular complexity index is 368. The third-order valence-corrected chi connectivity index (χ3v) is 3.79. The molecule has 0 saturated heterocycles. The maximum Gasteiger partial charge on any atom is 0.262 e. The summed E-state index contributed by atoms with van der Waals surface area (Å²) in [4.78, 5) is 12.3. The highest BCUT2D eigenvalue weighted by Crippen LogP contribution is 2.26. The Hall–Kier alpha value is -0.620. The van der Waals surface area contributed by atoms with Crippen molar-refractivity contribution in [3.05, 3.63) is 20.8 Å². The number of rotatable bonds is 7. The Morgan fingerprint density at radius 1 is 1.59 bits per heavy atom. The van der Waals surface area contributed by atoms with E-state index >= 15 is 0 Å². The molecule has 0 aliphatic rings. The average Bonchev–Trinajstić information content (AvgIpc) is 2.64. The van der Waals surface area contributed by atoms with Gasteiger partial charge in [-0.25, -0.2) is 0 Å². The number of nitrogens with one attached hydrogen (secondary N) is 1. The fraction of sp³-hybridized carbons (Fsp3) is 0.545. The van der Waals surface area contributed by atoms with E-state index < -0.39 is 0 Å². The summed E-state index contributed by atoms with van der Waals surface area (Å²) < 4.78 is 5.07. The second-order valence-corrected chi connectivity index (χ2v) is 4.76. The minimum Gasteiger partial charge on any atom is -0.394 e. The summed E-state index contributed by atoms with van der Waals surface area (Å²) in [6, 6.07) is 0. The molecule has 0 bridgehead atoms. The zero-order valence-corrected chi connectivity index (χ0v) is 11.2. The third kappa shape index (κ3) is 4.63. The van der Waals surface area contributed by atoms with E-state index in [-0.39, 0.29) is 12.5 Å². The van der Waals surface area contributed by atoms with Crippen molar-refractivity contribution < 1.29 is 14.6 Å². The van der Waals surface area contributed by atoms with Gasteiger partial charge in [0.05, 0.1) is 18.2 Å². The Labute approximate surface area is 110 Å².